The van der Waals surface area contributed by atoms with E-state index in [9.17, 15) is 9.18 Å². The van der Waals surface area contributed by atoms with Crippen molar-refractivity contribution in [2.24, 2.45) is 0 Å². The third-order valence-electron chi connectivity index (χ3n) is 3.97. The van der Waals surface area contributed by atoms with Crippen LogP contribution in [0.4, 0.5) is 4.39 Å². The summed E-state index contributed by atoms with van der Waals surface area (Å²) >= 11 is 3.96. The molecular weight excluding hydrogens is 424 g/mol. The lowest BCUT2D eigenvalue weighted by Crippen LogP contribution is -2.32. The van der Waals surface area contributed by atoms with Crippen LogP contribution in [0.5, 0.6) is 0 Å². The number of hydrogen-bond acceptors (Lipinski definition) is 2. The maximum atomic E-state index is 14.0. The minimum absolute atomic E-state index is 0.0659. The number of hydrogen-bond donors (Lipinski definition) is 0. The maximum Gasteiger partial charge on any atom is 0.253 e. The van der Waals surface area contributed by atoms with E-state index in [1.54, 1.807) is 17.8 Å². The molecule has 0 bridgehead atoms. The van der Waals surface area contributed by atoms with Crippen molar-refractivity contribution < 1.29 is 9.18 Å². The van der Waals surface area contributed by atoms with Gasteiger partial charge < -0.3 is 4.90 Å². The fourth-order valence-electron chi connectivity index (χ4n) is 2.73. The summed E-state index contributed by atoms with van der Waals surface area (Å²) in [4.78, 5) is 14.5. The van der Waals surface area contributed by atoms with Gasteiger partial charge in [0.25, 0.3) is 5.91 Å². The van der Waals surface area contributed by atoms with Gasteiger partial charge in [0.15, 0.2) is 0 Å². The van der Waals surface area contributed by atoms with Gasteiger partial charge in [-0.3, -0.25) is 4.79 Å². The number of rotatable bonds is 2. The molecule has 1 unspecified atom stereocenters. The second-order valence-electron chi connectivity index (χ2n) is 5.47. The number of carbonyl (C=O) groups is 1. The molecule has 120 valence electrons. The lowest BCUT2D eigenvalue weighted by Gasteiger charge is -2.20. The molecule has 23 heavy (non-hydrogen) atoms. The molecule has 3 rings (SSSR count). The van der Waals surface area contributed by atoms with E-state index in [0.717, 1.165) is 26.9 Å². The van der Waals surface area contributed by atoms with E-state index in [2.05, 4.69) is 22.6 Å². The van der Waals surface area contributed by atoms with Crippen molar-refractivity contribution in [1.29, 1.82) is 0 Å². The van der Waals surface area contributed by atoms with Gasteiger partial charge in [0.05, 0.1) is 0 Å². The van der Waals surface area contributed by atoms with Gasteiger partial charge in [0.1, 0.15) is 5.82 Å². The van der Waals surface area contributed by atoms with E-state index in [1.807, 2.05) is 41.3 Å². The van der Waals surface area contributed by atoms with E-state index in [0.29, 0.717) is 13.1 Å². The molecule has 2 aromatic rings. The number of nitrogens with zero attached hydrogens (tertiary/aromatic N) is 1. The van der Waals surface area contributed by atoms with Gasteiger partial charge in [-0.1, -0.05) is 18.2 Å². The normalized spacial score (nSPS) is 18.5. The number of amides is 1. The fraction of sp³-hybridized carbons (Fsp3) is 0.278. The van der Waals surface area contributed by atoms with Crippen LogP contribution in [-0.2, 0) is 0 Å². The lowest BCUT2D eigenvalue weighted by molar-refractivity contribution is 0.0766. The number of thioether (sulfide) groups is 1. The molecule has 0 radical (unpaired) electrons. The van der Waals surface area contributed by atoms with E-state index in [1.165, 1.54) is 6.07 Å². The Labute approximate surface area is 153 Å². The molecule has 1 aliphatic rings. The third-order valence-corrected chi connectivity index (χ3v) is 6.00. The topological polar surface area (TPSA) is 20.3 Å². The smallest absolute Gasteiger partial charge is 0.253 e. The summed E-state index contributed by atoms with van der Waals surface area (Å²) in [7, 11) is 0. The second-order valence-corrected chi connectivity index (χ2v) is 8.02. The largest absolute Gasteiger partial charge is 0.338 e. The maximum absolute atomic E-state index is 14.0. The third kappa shape index (κ3) is 4.07. The van der Waals surface area contributed by atoms with E-state index < -0.39 is 0 Å². The first-order valence-corrected chi connectivity index (χ1v) is 9.69. The molecule has 1 saturated heterocycles. The number of benzene rings is 2. The molecule has 0 aliphatic carbocycles. The summed E-state index contributed by atoms with van der Waals surface area (Å²) in [5.41, 5.74) is 1.47. The van der Waals surface area contributed by atoms with Crippen molar-refractivity contribution in [3.05, 3.63) is 69.0 Å². The van der Waals surface area contributed by atoms with Crippen molar-refractivity contribution in [3.8, 4) is 0 Å². The van der Waals surface area contributed by atoms with Crippen molar-refractivity contribution in [3.63, 3.8) is 0 Å². The first-order valence-electron chi connectivity index (χ1n) is 7.56. The van der Waals surface area contributed by atoms with E-state index in [-0.39, 0.29) is 17.0 Å². The van der Waals surface area contributed by atoms with E-state index >= 15 is 0 Å². The molecule has 1 fully saturated rings. The molecule has 2 aromatic carbocycles. The van der Waals surface area contributed by atoms with Crippen molar-refractivity contribution >= 4 is 40.3 Å². The highest BCUT2D eigenvalue weighted by molar-refractivity contribution is 14.1. The predicted molar refractivity (Wildman–Crippen MR) is 101 cm³/mol. The summed E-state index contributed by atoms with van der Waals surface area (Å²) in [6, 6.07) is 14.6. The molecule has 2 nitrogen and oxygen atoms in total. The van der Waals surface area contributed by atoms with Crippen molar-refractivity contribution in [2.75, 3.05) is 18.8 Å². The Kier molecular flexibility index (Phi) is 5.58. The molecule has 0 N–H and O–H groups in total. The molecule has 0 aromatic heterocycles. The van der Waals surface area contributed by atoms with Gasteiger partial charge >= 0.3 is 0 Å². The average Bonchev–Trinajstić information content (AvgIpc) is 2.81. The average molecular weight is 441 g/mol. The Morgan fingerprint density at radius 1 is 1.13 bits per heavy atom. The molecule has 0 saturated carbocycles. The summed E-state index contributed by atoms with van der Waals surface area (Å²) in [6.07, 6.45) is 0.779. The van der Waals surface area contributed by atoms with Crippen LogP contribution in [-0.4, -0.2) is 29.6 Å². The van der Waals surface area contributed by atoms with Gasteiger partial charge in [0.2, 0.25) is 0 Å². The van der Waals surface area contributed by atoms with Crippen LogP contribution in [0.15, 0.2) is 48.5 Å². The second kappa shape index (κ2) is 7.66. The Bertz CT molecular complexity index is 692. The summed E-state index contributed by atoms with van der Waals surface area (Å²) in [6.45, 7) is 1.37. The molecule has 5 heteroatoms. The minimum Gasteiger partial charge on any atom is -0.338 e. The highest BCUT2D eigenvalue weighted by Crippen LogP contribution is 2.35. The Morgan fingerprint density at radius 2 is 1.87 bits per heavy atom. The first-order chi connectivity index (χ1) is 11.1. The molecule has 1 heterocycles. The molecule has 1 aliphatic heterocycles. The fourth-order valence-corrected chi connectivity index (χ4v) is 4.35. The molecule has 1 atom stereocenters. The highest BCUT2D eigenvalue weighted by Gasteiger charge is 2.24. The number of carbonyl (C=O) groups excluding carboxylic acids is 1. The van der Waals surface area contributed by atoms with Gasteiger partial charge in [-0.15, -0.1) is 0 Å². The number of halogens is 2. The predicted octanol–water partition coefficient (Wildman–Crippen LogP) is 4.75. The Hall–Kier alpha value is -1.08. The van der Waals surface area contributed by atoms with Crippen LogP contribution in [0.2, 0.25) is 0 Å². The Balaban J connectivity index is 1.70. The highest BCUT2D eigenvalue weighted by atomic mass is 127. The zero-order valence-electron chi connectivity index (χ0n) is 12.5. The molecule has 1 amide bonds. The zero-order chi connectivity index (χ0) is 16.2. The van der Waals surface area contributed by atoms with Crippen LogP contribution in [0, 0.1) is 9.39 Å². The zero-order valence-corrected chi connectivity index (χ0v) is 15.5. The monoisotopic (exact) mass is 441 g/mol. The SMILES string of the molecule is O=C(c1ccc(I)cc1)N1CCSC(c2ccccc2F)CC1. The molecular formula is C18H17FINOS. The molecule has 0 spiro atoms. The van der Waals surface area contributed by atoms with Gasteiger partial charge in [-0.2, -0.15) is 11.8 Å². The summed E-state index contributed by atoms with van der Waals surface area (Å²) < 4.78 is 15.1. The standard InChI is InChI=1S/C18H17FINOS/c19-16-4-2-1-3-15(16)17-9-10-21(11-12-23-17)18(22)13-5-7-14(20)8-6-13/h1-8,17H,9-12H2. The van der Waals surface area contributed by atoms with Crippen LogP contribution in [0.25, 0.3) is 0 Å². The van der Waals surface area contributed by atoms with Gasteiger partial charge in [-0.05, 0) is 59.3 Å². The Morgan fingerprint density at radius 3 is 2.61 bits per heavy atom. The first kappa shape index (κ1) is 16.8. The van der Waals surface area contributed by atoms with Gasteiger partial charge in [-0.25, -0.2) is 4.39 Å². The minimum atomic E-state index is -0.151. The quantitative estimate of drug-likeness (QED) is 0.627. The van der Waals surface area contributed by atoms with Crippen molar-refractivity contribution in [1.82, 2.24) is 4.90 Å². The summed E-state index contributed by atoms with van der Waals surface area (Å²) in [5, 5.41) is 0.116. The van der Waals surface area contributed by atoms with Gasteiger partial charge in [0, 0.05) is 38.8 Å². The van der Waals surface area contributed by atoms with Crippen LogP contribution in [0.3, 0.4) is 0 Å². The van der Waals surface area contributed by atoms with Crippen LogP contribution in [0.1, 0.15) is 27.6 Å². The van der Waals surface area contributed by atoms with Crippen LogP contribution < -0.4 is 0 Å². The lowest BCUT2D eigenvalue weighted by atomic mass is 10.1. The summed E-state index contributed by atoms with van der Waals surface area (Å²) in [5.74, 6) is 0.744. The van der Waals surface area contributed by atoms with E-state index in [4.69, 9.17) is 0 Å². The van der Waals surface area contributed by atoms with Crippen LogP contribution >= 0.6 is 34.4 Å². The van der Waals surface area contributed by atoms with Crippen molar-refractivity contribution in [2.45, 2.75) is 11.7 Å².